The van der Waals surface area contributed by atoms with Gasteiger partial charge in [0.25, 0.3) is 26.8 Å². The molecule has 56 heavy (non-hydrogen) atoms. The number of ether oxygens (including phenoxy) is 4. The quantitative estimate of drug-likeness (QED) is 0.122. The van der Waals surface area contributed by atoms with Crippen molar-refractivity contribution < 1.29 is 36.7 Å². The molecule has 0 amide bonds. The molecule has 2 bridgehead atoms. The van der Waals surface area contributed by atoms with E-state index in [0.717, 1.165) is 19.1 Å². The maximum Gasteiger partial charge on any atom is 0.330 e. The Bertz CT molecular complexity index is 2370. The summed E-state index contributed by atoms with van der Waals surface area (Å²) in [4.78, 5) is 68.6. The first-order chi connectivity index (χ1) is 26.5. The van der Waals surface area contributed by atoms with Crippen LogP contribution in [0.3, 0.4) is 0 Å². The number of aryl methyl sites for hydroxylation is 3. The first-order valence-corrected chi connectivity index (χ1v) is 19.7. The van der Waals surface area contributed by atoms with Crippen molar-refractivity contribution in [1.82, 2.24) is 28.7 Å². The molecule has 0 radical (unpaired) electrons. The summed E-state index contributed by atoms with van der Waals surface area (Å²) in [6.07, 6.45) is 5.41. The third kappa shape index (κ3) is 9.54. The molecule has 0 aromatic carbocycles. The van der Waals surface area contributed by atoms with Gasteiger partial charge in [0.05, 0.1) is 37.2 Å². The largest absolute Gasteiger partial charge is 0.458 e. The molecule has 22 nitrogen and oxygen atoms in total. The minimum Gasteiger partial charge on any atom is -0.458 e. The maximum atomic E-state index is 11.8. The van der Waals surface area contributed by atoms with E-state index in [1.54, 1.807) is 27.0 Å². The number of hydrogen-bond donors (Lipinski definition) is 3. The van der Waals surface area contributed by atoms with Crippen molar-refractivity contribution in [3.8, 4) is 6.01 Å². The van der Waals surface area contributed by atoms with Gasteiger partial charge in [-0.25, -0.2) is 9.59 Å². The molecule has 9 atom stereocenters. The zero-order chi connectivity index (χ0) is 41.1. The van der Waals surface area contributed by atoms with Gasteiger partial charge < -0.3 is 24.1 Å². The highest BCUT2D eigenvalue weighted by atomic mass is 32.2. The summed E-state index contributed by atoms with van der Waals surface area (Å²) in [7, 11) is -3.61. The number of H-pyrrole nitrogens is 2. The lowest BCUT2D eigenvalue weighted by molar-refractivity contribution is -0.0271. The Morgan fingerprint density at radius 1 is 0.839 bits per heavy atom. The van der Waals surface area contributed by atoms with E-state index in [2.05, 4.69) is 31.9 Å². The van der Waals surface area contributed by atoms with E-state index in [1.807, 2.05) is 11.5 Å². The highest BCUT2D eigenvalue weighted by molar-refractivity contribution is 7.86. The van der Waals surface area contributed by atoms with Crippen LogP contribution in [-0.2, 0) is 28.5 Å². The number of azide groups is 1. The summed E-state index contributed by atoms with van der Waals surface area (Å²) >= 11 is 0. The molecule has 23 heteroatoms. The topological polar surface area (TPSA) is 294 Å². The molecule has 7 rings (SSSR count). The Labute approximate surface area is 318 Å². The average Bonchev–Trinajstić information content (AvgIpc) is 3.83. The minimum absolute atomic E-state index is 0.0227. The number of rotatable bonds is 8. The van der Waals surface area contributed by atoms with E-state index in [0.29, 0.717) is 29.1 Å². The fourth-order valence-electron chi connectivity index (χ4n) is 6.74. The van der Waals surface area contributed by atoms with Gasteiger partial charge >= 0.3 is 17.4 Å². The van der Waals surface area contributed by atoms with Crippen LogP contribution in [0.5, 0.6) is 6.01 Å². The molecule has 4 aliphatic heterocycles. The first-order valence-electron chi connectivity index (χ1n) is 17.9. The van der Waals surface area contributed by atoms with Crippen molar-refractivity contribution in [2.24, 2.45) is 5.11 Å². The van der Waals surface area contributed by atoms with Crippen LogP contribution in [0.2, 0.25) is 0 Å². The fraction of sp³-hybridized carbons (Fsp3) is 0.636. The molecule has 3 aromatic rings. The normalized spacial score (nSPS) is 27.5. The molecule has 306 valence electrons. The van der Waals surface area contributed by atoms with Crippen molar-refractivity contribution in [2.75, 3.05) is 12.9 Å². The van der Waals surface area contributed by atoms with Gasteiger partial charge in [0.1, 0.15) is 30.9 Å². The Hall–Kier alpha value is -4.90. The van der Waals surface area contributed by atoms with Crippen LogP contribution in [0.15, 0.2) is 47.7 Å². The molecule has 0 spiro atoms. The number of hydrogen-bond acceptors (Lipinski definition) is 15. The number of fused-ring (bicyclic) bond motifs is 4. The zero-order valence-corrected chi connectivity index (χ0v) is 32.4. The molecule has 3 fully saturated rings. The maximum absolute atomic E-state index is 11.8. The Balaban J connectivity index is 0.000000162. The van der Waals surface area contributed by atoms with Gasteiger partial charge in [0.2, 0.25) is 0 Å². The summed E-state index contributed by atoms with van der Waals surface area (Å²) in [6, 6.07) is -0.146. The van der Waals surface area contributed by atoms with E-state index in [-0.39, 0.29) is 43.4 Å². The second-order valence-electron chi connectivity index (χ2n) is 13.7. The van der Waals surface area contributed by atoms with Crippen LogP contribution in [-0.4, -0.2) is 91.6 Å². The van der Waals surface area contributed by atoms with Crippen LogP contribution in [0.25, 0.3) is 10.4 Å². The number of aliphatic hydroxyl groups is 1. The minimum atomic E-state index is -3.61. The van der Waals surface area contributed by atoms with Gasteiger partial charge in [0.15, 0.2) is 0 Å². The highest BCUT2D eigenvalue weighted by Crippen LogP contribution is 2.38. The van der Waals surface area contributed by atoms with E-state index in [9.17, 15) is 32.4 Å². The van der Waals surface area contributed by atoms with E-state index in [4.69, 9.17) is 33.8 Å². The predicted molar refractivity (Wildman–Crippen MR) is 196 cm³/mol. The Morgan fingerprint density at radius 2 is 1.36 bits per heavy atom. The number of aliphatic hydroxyl groups excluding tert-OH is 1. The Kier molecular flexibility index (Phi) is 13.2. The fourth-order valence-corrected chi connectivity index (χ4v) is 7.39. The molecule has 3 aromatic heterocycles. The summed E-state index contributed by atoms with van der Waals surface area (Å²) < 4.78 is 54.5. The summed E-state index contributed by atoms with van der Waals surface area (Å²) in [6.45, 7) is 8.50. The van der Waals surface area contributed by atoms with Crippen LogP contribution < -0.4 is 32.8 Å². The van der Waals surface area contributed by atoms with Crippen LogP contribution >= 0.6 is 0 Å². The number of aromatic amines is 2. The third-order valence-electron chi connectivity index (χ3n) is 9.62. The van der Waals surface area contributed by atoms with Crippen LogP contribution in [0.4, 0.5) is 0 Å². The van der Waals surface area contributed by atoms with Crippen molar-refractivity contribution in [3.63, 3.8) is 0 Å². The van der Waals surface area contributed by atoms with Gasteiger partial charge in [0, 0.05) is 59.5 Å². The lowest BCUT2D eigenvalue weighted by Gasteiger charge is -2.23. The van der Waals surface area contributed by atoms with Gasteiger partial charge in [-0.1, -0.05) is 19.0 Å². The van der Waals surface area contributed by atoms with E-state index < -0.39 is 69.4 Å². The molecule has 0 unspecified atom stereocenters. The molecular weight excluding hydrogens is 762 g/mol. The Morgan fingerprint density at radius 3 is 1.89 bits per heavy atom. The average molecular weight is 808 g/mol. The number of aromatic nitrogens is 6. The van der Waals surface area contributed by atoms with Gasteiger partial charge in [-0.2, -0.15) is 13.4 Å². The monoisotopic (exact) mass is 807 g/mol. The second-order valence-corrected chi connectivity index (χ2v) is 15.3. The smallest absolute Gasteiger partial charge is 0.330 e. The van der Waals surface area contributed by atoms with Crippen molar-refractivity contribution in [3.05, 3.63) is 97.8 Å². The zero-order valence-electron chi connectivity index (χ0n) is 31.6. The molecule has 0 aliphatic carbocycles. The van der Waals surface area contributed by atoms with Gasteiger partial charge in [-0.15, -0.1) is 0 Å². The van der Waals surface area contributed by atoms with Gasteiger partial charge in [-0.3, -0.25) is 42.2 Å². The summed E-state index contributed by atoms with van der Waals surface area (Å²) in [5.74, 6) is 0. The third-order valence-corrected chi connectivity index (χ3v) is 10.2. The number of nitrogens with zero attached hydrogens (tertiary/aromatic N) is 7. The lowest BCUT2D eigenvalue weighted by Crippen LogP contribution is -2.33. The molecule has 7 heterocycles. The standard InChI is InChI=1S/C12H18N2O6S.C11H14N2O3.C10H13N5O4/c1-4-8-9(20-21(3,17)18)5-10(19-8)14-6-7(2)11(15)13-12(14)16;1-3-7-8-4-9(15-7)13-5-6(2)10(14)12-11(13)16-8;1-5-3-15(10(18)12-9(5)17)8-2-6(13-14-11)7(4-16)19-8/h6,8-10H,4-5H2,1-3H3,(H,13,15,16);5,7-9H,3-4H2,1-2H3;3,6-8,16H,2,4H2,1H3,(H,12,17,18)/t8-,9+,10-;7-,8+,9-;6-,7-,8-/m111/s1. The molecule has 4 aliphatic rings. The van der Waals surface area contributed by atoms with Gasteiger partial charge in [-0.05, 0) is 39.1 Å². The van der Waals surface area contributed by atoms with Crippen molar-refractivity contribution in [1.29, 1.82) is 0 Å². The molecule has 3 saturated heterocycles. The SMILES string of the molecule is CC[C@H]1O[C@@H](n2cc(C)c(=O)[nH]c2=O)C[C@@H]1OS(C)(=O)=O.CC[C@H]1O[C@@H]2C[C@@H]1Oc1nc(=O)c(C)cn12.Cc1cn([C@H]2C[C@@H](N=[N+]=[N-])[C@@H](CO)O2)c(=O)[nH]c1=O. The van der Waals surface area contributed by atoms with E-state index in [1.165, 1.54) is 21.5 Å². The van der Waals surface area contributed by atoms with Crippen LogP contribution in [0.1, 0.15) is 81.3 Å². The molecule has 3 N–H and O–H groups in total. The van der Waals surface area contributed by atoms with E-state index >= 15 is 0 Å². The summed E-state index contributed by atoms with van der Waals surface area (Å²) in [5, 5.41) is 12.7. The van der Waals surface area contributed by atoms with Crippen molar-refractivity contribution in [2.45, 2.75) is 122 Å². The second kappa shape index (κ2) is 17.5. The predicted octanol–water partition coefficient (Wildman–Crippen LogP) is 0.701. The number of nitrogens with one attached hydrogen (secondary N) is 2. The summed E-state index contributed by atoms with van der Waals surface area (Å²) in [5.41, 5.74) is 7.48. The van der Waals surface area contributed by atoms with Crippen molar-refractivity contribution >= 4 is 10.1 Å². The molecule has 0 saturated carbocycles. The van der Waals surface area contributed by atoms with Crippen LogP contribution in [0, 0.1) is 20.8 Å². The highest BCUT2D eigenvalue weighted by Gasteiger charge is 2.42. The first kappa shape index (κ1) is 42.2. The molecular formula is C33H45N9O13S. The lowest BCUT2D eigenvalue weighted by atomic mass is 10.1.